The van der Waals surface area contributed by atoms with Crippen LogP contribution in [0.3, 0.4) is 0 Å². The first-order chi connectivity index (χ1) is 9.87. The number of carbonyl (C=O) groups excluding carboxylic acids is 1. The molecule has 0 aromatic heterocycles. The molecule has 4 N–H and O–H groups in total. The topological polar surface area (TPSA) is 114 Å². The predicted octanol–water partition coefficient (Wildman–Crippen LogP) is 0.598. The summed E-state index contributed by atoms with van der Waals surface area (Å²) in [6.07, 6.45) is 0. The Labute approximate surface area is 123 Å². The van der Waals surface area contributed by atoms with Crippen molar-refractivity contribution in [3.63, 3.8) is 0 Å². The van der Waals surface area contributed by atoms with Gasteiger partial charge in [0.05, 0.1) is 17.1 Å². The monoisotopic (exact) mass is 314 g/mol. The molecule has 0 saturated heterocycles. The second kappa shape index (κ2) is 5.78. The van der Waals surface area contributed by atoms with Crippen molar-refractivity contribution in [3.8, 4) is 5.75 Å². The maximum absolute atomic E-state index is 12.2. The van der Waals surface area contributed by atoms with Gasteiger partial charge < -0.3 is 15.8 Å². The zero-order valence-electron chi connectivity index (χ0n) is 11.8. The van der Waals surface area contributed by atoms with Gasteiger partial charge >= 0.3 is 10.2 Å². The van der Waals surface area contributed by atoms with Gasteiger partial charge in [-0.3, -0.25) is 9.52 Å². The molecule has 0 unspecified atom stereocenters. The van der Waals surface area contributed by atoms with Crippen molar-refractivity contribution in [1.29, 1.82) is 0 Å². The van der Waals surface area contributed by atoms with Crippen LogP contribution in [0.4, 0.5) is 17.1 Å². The standard InChI is InChI=1S/C12H18N4O4S/c1-3-16(4-2)21(18,19)15-9-6-10-11(5-8(9)13)20-7-12(17)14-10/h5-6,15H,3-4,7,13H2,1-2H3,(H,14,17). The maximum Gasteiger partial charge on any atom is 0.301 e. The zero-order chi connectivity index (χ0) is 15.6. The number of ether oxygens (including phenoxy) is 1. The number of rotatable bonds is 5. The third-order valence-electron chi connectivity index (χ3n) is 3.07. The molecule has 1 aliphatic heterocycles. The van der Waals surface area contributed by atoms with Gasteiger partial charge in [0.2, 0.25) is 0 Å². The largest absolute Gasteiger partial charge is 0.482 e. The summed E-state index contributed by atoms with van der Waals surface area (Å²) in [5.41, 5.74) is 6.64. The first-order valence-electron chi connectivity index (χ1n) is 6.51. The van der Waals surface area contributed by atoms with Crippen LogP contribution in [0.2, 0.25) is 0 Å². The van der Waals surface area contributed by atoms with Gasteiger partial charge in [-0.25, -0.2) is 0 Å². The molecule has 0 fully saturated rings. The Morgan fingerprint density at radius 1 is 1.38 bits per heavy atom. The van der Waals surface area contributed by atoms with Crippen molar-refractivity contribution >= 4 is 33.2 Å². The number of carbonyl (C=O) groups is 1. The van der Waals surface area contributed by atoms with Crippen LogP contribution >= 0.6 is 0 Å². The minimum Gasteiger partial charge on any atom is -0.482 e. The minimum absolute atomic E-state index is 0.0863. The molecule has 1 amide bonds. The van der Waals surface area contributed by atoms with Crippen molar-refractivity contribution in [1.82, 2.24) is 4.31 Å². The number of nitrogens with one attached hydrogen (secondary N) is 2. The van der Waals surface area contributed by atoms with Gasteiger partial charge in [-0.1, -0.05) is 13.8 Å². The van der Waals surface area contributed by atoms with Gasteiger partial charge in [0.25, 0.3) is 5.91 Å². The first kappa shape index (κ1) is 15.4. The molecule has 0 bridgehead atoms. The third kappa shape index (κ3) is 3.19. The second-order valence-electron chi connectivity index (χ2n) is 4.46. The zero-order valence-corrected chi connectivity index (χ0v) is 12.7. The van der Waals surface area contributed by atoms with E-state index in [1.807, 2.05) is 0 Å². The molecule has 21 heavy (non-hydrogen) atoms. The molecule has 0 spiro atoms. The normalized spacial score (nSPS) is 14.3. The quantitative estimate of drug-likeness (QED) is 0.689. The lowest BCUT2D eigenvalue weighted by atomic mass is 10.2. The van der Waals surface area contributed by atoms with E-state index in [1.54, 1.807) is 13.8 Å². The molecule has 0 atom stereocenters. The molecule has 9 heteroatoms. The Balaban J connectivity index is 2.33. The van der Waals surface area contributed by atoms with Crippen LogP contribution in [-0.2, 0) is 15.0 Å². The molecular weight excluding hydrogens is 296 g/mol. The Morgan fingerprint density at radius 3 is 2.67 bits per heavy atom. The molecule has 1 aliphatic rings. The number of benzene rings is 1. The summed E-state index contributed by atoms with van der Waals surface area (Å²) in [6, 6.07) is 2.93. The number of hydrogen-bond acceptors (Lipinski definition) is 5. The highest BCUT2D eigenvalue weighted by atomic mass is 32.2. The third-order valence-corrected chi connectivity index (χ3v) is 4.74. The molecule has 0 aliphatic carbocycles. The van der Waals surface area contributed by atoms with Crippen LogP contribution in [0.5, 0.6) is 5.75 Å². The van der Waals surface area contributed by atoms with Crippen LogP contribution in [0.1, 0.15) is 13.8 Å². The number of nitrogen functional groups attached to an aromatic ring is 1. The Bertz CT molecular complexity index is 655. The fourth-order valence-corrected chi connectivity index (χ4v) is 3.26. The molecule has 0 radical (unpaired) electrons. The van der Waals surface area contributed by atoms with Gasteiger partial charge in [-0.15, -0.1) is 0 Å². The average Bonchev–Trinajstić information content (AvgIpc) is 2.41. The maximum atomic E-state index is 12.2. The fraction of sp³-hybridized carbons (Fsp3) is 0.417. The predicted molar refractivity (Wildman–Crippen MR) is 80.4 cm³/mol. The molecule has 0 saturated carbocycles. The summed E-state index contributed by atoms with van der Waals surface area (Å²) < 4.78 is 33.3. The Morgan fingerprint density at radius 2 is 2.05 bits per heavy atom. The van der Waals surface area contributed by atoms with Crippen molar-refractivity contribution in [3.05, 3.63) is 12.1 Å². The van der Waals surface area contributed by atoms with E-state index in [9.17, 15) is 13.2 Å². The highest BCUT2D eigenvalue weighted by molar-refractivity contribution is 7.90. The molecule has 2 rings (SSSR count). The number of nitrogens with zero attached hydrogens (tertiary/aromatic N) is 1. The highest BCUT2D eigenvalue weighted by Gasteiger charge is 2.22. The van der Waals surface area contributed by atoms with Crippen LogP contribution in [-0.4, -0.2) is 38.3 Å². The van der Waals surface area contributed by atoms with Crippen LogP contribution in [0.15, 0.2) is 12.1 Å². The summed E-state index contributed by atoms with van der Waals surface area (Å²) in [5.74, 6) is 0.114. The van der Waals surface area contributed by atoms with Crippen molar-refractivity contribution in [2.75, 3.05) is 35.5 Å². The van der Waals surface area contributed by atoms with E-state index in [4.69, 9.17) is 10.5 Å². The Hall–Kier alpha value is -2.00. The van der Waals surface area contributed by atoms with E-state index < -0.39 is 10.2 Å². The molecular formula is C12H18N4O4S. The summed E-state index contributed by atoms with van der Waals surface area (Å²) >= 11 is 0. The minimum atomic E-state index is -3.69. The van der Waals surface area contributed by atoms with Crippen LogP contribution in [0, 0.1) is 0 Å². The van der Waals surface area contributed by atoms with E-state index in [-0.39, 0.29) is 23.9 Å². The van der Waals surface area contributed by atoms with E-state index in [2.05, 4.69) is 10.0 Å². The number of amides is 1. The summed E-state index contributed by atoms with van der Waals surface area (Å²) in [4.78, 5) is 11.3. The van der Waals surface area contributed by atoms with Crippen molar-refractivity contribution in [2.24, 2.45) is 0 Å². The lowest BCUT2D eigenvalue weighted by molar-refractivity contribution is -0.118. The van der Waals surface area contributed by atoms with Crippen molar-refractivity contribution in [2.45, 2.75) is 13.8 Å². The SMILES string of the molecule is CCN(CC)S(=O)(=O)Nc1cc2c(cc1N)OCC(=O)N2. The Kier molecular flexibility index (Phi) is 4.24. The van der Waals surface area contributed by atoms with E-state index in [0.29, 0.717) is 24.5 Å². The van der Waals surface area contributed by atoms with Gasteiger partial charge in [0.1, 0.15) is 5.75 Å². The highest BCUT2D eigenvalue weighted by Crippen LogP contribution is 2.35. The fourth-order valence-electron chi connectivity index (χ4n) is 2.00. The summed E-state index contributed by atoms with van der Waals surface area (Å²) in [6.45, 7) is 4.09. The van der Waals surface area contributed by atoms with Crippen LogP contribution in [0.25, 0.3) is 0 Å². The van der Waals surface area contributed by atoms with E-state index in [0.717, 1.165) is 0 Å². The average molecular weight is 314 g/mol. The summed E-state index contributed by atoms with van der Waals surface area (Å²) in [7, 11) is -3.69. The lowest BCUT2D eigenvalue weighted by Gasteiger charge is -2.23. The number of fused-ring (bicyclic) bond motifs is 1. The number of nitrogens with two attached hydrogens (primary N) is 1. The smallest absolute Gasteiger partial charge is 0.301 e. The van der Waals surface area contributed by atoms with Gasteiger partial charge in [-0.2, -0.15) is 12.7 Å². The number of anilines is 3. The number of hydrogen-bond donors (Lipinski definition) is 3. The van der Waals surface area contributed by atoms with Gasteiger partial charge in [0.15, 0.2) is 6.61 Å². The van der Waals surface area contributed by atoms with Gasteiger partial charge in [0, 0.05) is 19.2 Å². The van der Waals surface area contributed by atoms with Gasteiger partial charge in [-0.05, 0) is 6.07 Å². The van der Waals surface area contributed by atoms with Crippen LogP contribution < -0.4 is 20.5 Å². The van der Waals surface area contributed by atoms with E-state index >= 15 is 0 Å². The van der Waals surface area contributed by atoms with Crippen molar-refractivity contribution < 1.29 is 17.9 Å². The summed E-state index contributed by atoms with van der Waals surface area (Å²) in [5, 5.41) is 2.60. The second-order valence-corrected chi connectivity index (χ2v) is 6.13. The molecule has 1 aromatic carbocycles. The lowest BCUT2D eigenvalue weighted by Crippen LogP contribution is -2.35. The first-order valence-corrected chi connectivity index (χ1v) is 7.95. The molecule has 1 aromatic rings. The molecule has 8 nitrogen and oxygen atoms in total. The molecule has 1 heterocycles. The molecule has 116 valence electrons. The van der Waals surface area contributed by atoms with E-state index in [1.165, 1.54) is 16.4 Å².